The molecule has 4 nitrogen and oxygen atoms in total. The van der Waals surface area contributed by atoms with Gasteiger partial charge in [0, 0.05) is 0 Å². The summed E-state index contributed by atoms with van der Waals surface area (Å²) in [6.45, 7) is 2.27. The van der Waals surface area contributed by atoms with Crippen molar-refractivity contribution < 1.29 is 4.52 Å². The largest absolute Gasteiger partial charge is 0.333 e. The van der Waals surface area contributed by atoms with Crippen molar-refractivity contribution >= 4 is 27.3 Å². The lowest BCUT2D eigenvalue weighted by atomic mass is 9.77. The van der Waals surface area contributed by atoms with Gasteiger partial charge in [-0.2, -0.15) is 4.98 Å². The van der Waals surface area contributed by atoms with E-state index >= 15 is 0 Å². The Kier molecular flexibility index (Phi) is 3.49. The van der Waals surface area contributed by atoms with E-state index in [1.807, 2.05) is 12.1 Å². The number of hydrogen-bond donors (Lipinski definition) is 1. The van der Waals surface area contributed by atoms with Crippen molar-refractivity contribution in [2.75, 3.05) is 0 Å². The summed E-state index contributed by atoms with van der Waals surface area (Å²) in [7, 11) is 0. The molecule has 0 saturated heterocycles. The summed E-state index contributed by atoms with van der Waals surface area (Å²) < 4.78 is 6.41. The van der Waals surface area contributed by atoms with Crippen LogP contribution in [0.3, 0.4) is 0 Å². The van der Waals surface area contributed by atoms with Crippen LogP contribution in [-0.4, -0.2) is 10.1 Å². The molecule has 3 rings (SSSR count). The SMILES string of the molecule is CC1CCC(N)(c2noc(-c3ccc(Br)s3)n2)CC1. The lowest BCUT2D eigenvalue weighted by Crippen LogP contribution is -2.41. The van der Waals surface area contributed by atoms with Gasteiger partial charge >= 0.3 is 0 Å². The van der Waals surface area contributed by atoms with Gasteiger partial charge in [-0.3, -0.25) is 0 Å². The molecular formula is C13H16BrN3OS. The van der Waals surface area contributed by atoms with Crippen LogP contribution in [0.1, 0.15) is 38.4 Å². The Morgan fingerprint density at radius 1 is 1.42 bits per heavy atom. The molecule has 0 atom stereocenters. The van der Waals surface area contributed by atoms with Gasteiger partial charge in [0.1, 0.15) is 0 Å². The van der Waals surface area contributed by atoms with E-state index in [4.69, 9.17) is 10.3 Å². The van der Waals surface area contributed by atoms with Gasteiger partial charge in [-0.1, -0.05) is 12.1 Å². The first-order valence-electron chi connectivity index (χ1n) is 6.46. The molecule has 0 unspecified atom stereocenters. The van der Waals surface area contributed by atoms with Gasteiger partial charge in [-0.05, 0) is 59.7 Å². The van der Waals surface area contributed by atoms with E-state index in [2.05, 4.69) is 33.0 Å². The van der Waals surface area contributed by atoms with Crippen LogP contribution in [0.5, 0.6) is 0 Å². The first-order valence-corrected chi connectivity index (χ1v) is 8.06. The van der Waals surface area contributed by atoms with Gasteiger partial charge in [0.2, 0.25) is 0 Å². The Bertz CT molecular complexity index is 572. The number of aromatic nitrogens is 2. The van der Waals surface area contributed by atoms with Crippen molar-refractivity contribution in [3.8, 4) is 10.8 Å². The third-order valence-corrected chi connectivity index (χ3v) is 5.43. The molecule has 6 heteroatoms. The Labute approximate surface area is 124 Å². The molecule has 0 aliphatic heterocycles. The van der Waals surface area contributed by atoms with Crippen LogP contribution in [0.25, 0.3) is 10.8 Å². The highest BCUT2D eigenvalue weighted by Crippen LogP contribution is 2.37. The number of nitrogens with two attached hydrogens (primary N) is 1. The second-order valence-corrected chi connectivity index (χ2v) is 7.83. The average Bonchev–Trinajstić information content (AvgIpc) is 3.02. The number of nitrogens with zero attached hydrogens (tertiary/aromatic N) is 2. The molecule has 0 aromatic carbocycles. The quantitative estimate of drug-likeness (QED) is 0.898. The topological polar surface area (TPSA) is 64.9 Å². The average molecular weight is 342 g/mol. The number of halogens is 1. The van der Waals surface area contributed by atoms with Gasteiger partial charge in [0.15, 0.2) is 5.82 Å². The molecule has 1 saturated carbocycles. The van der Waals surface area contributed by atoms with E-state index in [0.29, 0.717) is 11.7 Å². The monoisotopic (exact) mass is 341 g/mol. The maximum Gasteiger partial charge on any atom is 0.268 e. The molecule has 0 amide bonds. The predicted octanol–water partition coefficient (Wildman–Crippen LogP) is 3.92. The van der Waals surface area contributed by atoms with Gasteiger partial charge < -0.3 is 10.3 Å². The van der Waals surface area contributed by atoms with Crippen molar-refractivity contribution in [1.82, 2.24) is 10.1 Å². The van der Waals surface area contributed by atoms with Crippen LogP contribution in [0.15, 0.2) is 20.4 Å². The van der Waals surface area contributed by atoms with E-state index in [1.165, 1.54) is 0 Å². The summed E-state index contributed by atoms with van der Waals surface area (Å²) in [5.41, 5.74) is 6.03. The molecular weight excluding hydrogens is 326 g/mol. The Balaban J connectivity index is 1.85. The molecule has 1 aliphatic rings. The van der Waals surface area contributed by atoms with Crippen LogP contribution >= 0.6 is 27.3 Å². The predicted molar refractivity (Wildman–Crippen MR) is 78.8 cm³/mol. The summed E-state index contributed by atoms with van der Waals surface area (Å²) in [6.07, 6.45) is 4.12. The normalized spacial score (nSPS) is 27.6. The first-order chi connectivity index (χ1) is 9.07. The summed E-state index contributed by atoms with van der Waals surface area (Å²) in [5, 5.41) is 4.10. The van der Waals surface area contributed by atoms with E-state index in [0.717, 1.165) is 40.3 Å². The zero-order chi connectivity index (χ0) is 13.5. The zero-order valence-corrected chi connectivity index (χ0v) is 13.1. The number of thiophene rings is 1. The van der Waals surface area contributed by atoms with Gasteiger partial charge in [-0.25, -0.2) is 0 Å². The standard InChI is InChI=1S/C13H16BrN3OS/c1-8-4-6-13(15,7-5-8)12-16-11(18-17-12)9-2-3-10(14)19-9/h2-3,8H,4-7,15H2,1H3. The second kappa shape index (κ2) is 5.00. The smallest absolute Gasteiger partial charge is 0.268 e. The maximum atomic E-state index is 6.45. The number of hydrogen-bond acceptors (Lipinski definition) is 5. The molecule has 19 heavy (non-hydrogen) atoms. The number of rotatable bonds is 2. The fraction of sp³-hybridized carbons (Fsp3) is 0.538. The highest BCUT2D eigenvalue weighted by molar-refractivity contribution is 9.11. The molecule has 1 aliphatic carbocycles. The molecule has 0 spiro atoms. The van der Waals surface area contributed by atoms with E-state index in [-0.39, 0.29) is 0 Å². The molecule has 0 radical (unpaired) electrons. The lowest BCUT2D eigenvalue weighted by Gasteiger charge is -2.33. The summed E-state index contributed by atoms with van der Waals surface area (Å²) >= 11 is 5.01. The highest BCUT2D eigenvalue weighted by Gasteiger charge is 2.36. The molecule has 2 heterocycles. The van der Waals surface area contributed by atoms with Crippen LogP contribution < -0.4 is 5.73 Å². The zero-order valence-electron chi connectivity index (χ0n) is 10.7. The van der Waals surface area contributed by atoms with Gasteiger partial charge in [-0.15, -0.1) is 11.3 Å². The van der Waals surface area contributed by atoms with Gasteiger partial charge in [0.25, 0.3) is 5.89 Å². The third kappa shape index (κ3) is 2.61. The summed E-state index contributed by atoms with van der Waals surface area (Å²) in [6, 6.07) is 3.95. The molecule has 0 bridgehead atoms. The van der Waals surface area contributed by atoms with E-state index in [9.17, 15) is 0 Å². The molecule has 2 aromatic heterocycles. The second-order valence-electron chi connectivity index (χ2n) is 5.37. The highest BCUT2D eigenvalue weighted by atomic mass is 79.9. The van der Waals surface area contributed by atoms with Crippen molar-refractivity contribution in [2.45, 2.75) is 38.1 Å². The summed E-state index contributed by atoms with van der Waals surface area (Å²) in [5.74, 6) is 1.96. The Hall–Kier alpha value is -0.720. The van der Waals surface area contributed by atoms with Crippen molar-refractivity contribution in [3.63, 3.8) is 0 Å². The maximum absolute atomic E-state index is 6.45. The van der Waals surface area contributed by atoms with Crippen molar-refractivity contribution in [2.24, 2.45) is 11.7 Å². The molecule has 102 valence electrons. The van der Waals surface area contributed by atoms with Crippen LogP contribution in [-0.2, 0) is 5.54 Å². The van der Waals surface area contributed by atoms with Crippen molar-refractivity contribution in [3.05, 3.63) is 21.7 Å². The van der Waals surface area contributed by atoms with Crippen molar-refractivity contribution in [1.29, 1.82) is 0 Å². The minimum Gasteiger partial charge on any atom is -0.333 e. The van der Waals surface area contributed by atoms with Gasteiger partial charge in [0.05, 0.1) is 14.2 Å². The lowest BCUT2D eigenvalue weighted by molar-refractivity contribution is 0.230. The fourth-order valence-corrected chi connectivity index (χ4v) is 3.76. The van der Waals surface area contributed by atoms with E-state index in [1.54, 1.807) is 11.3 Å². The van der Waals surface area contributed by atoms with Crippen LogP contribution in [0, 0.1) is 5.92 Å². The minimum atomic E-state index is -0.414. The summed E-state index contributed by atoms with van der Waals surface area (Å²) in [4.78, 5) is 5.47. The van der Waals surface area contributed by atoms with Crippen LogP contribution in [0.2, 0.25) is 0 Å². The molecule has 2 N–H and O–H groups in total. The third-order valence-electron chi connectivity index (χ3n) is 3.82. The first kappa shape index (κ1) is 13.3. The van der Waals surface area contributed by atoms with Crippen LogP contribution in [0.4, 0.5) is 0 Å². The Morgan fingerprint density at radius 2 is 2.16 bits per heavy atom. The minimum absolute atomic E-state index is 0.414. The Morgan fingerprint density at radius 3 is 2.79 bits per heavy atom. The molecule has 1 fully saturated rings. The molecule has 2 aromatic rings. The van der Waals surface area contributed by atoms with E-state index < -0.39 is 5.54 Å². The fourth-order valence-electron chi connectivity index (χ4n) is 2.46.